The molecular formula is C10H12N4O3S. The molecule has 0 fully saturated rings. The smallest absolute Gasteiger partial charge is 0.285 e. The van der Waals surface area contributed by atoms with E-state index in [4.69, 9.17) is 5.73 Å². The van der Waals surface area contributed by atoms with E-state index in [1.807, 2.05) is 0 Å². The average Bonchev–Trinajstić information content (AvgIpc) is 2.32. The number of sulfonamides is 1. The number of amides is 1. The number of benzene rings is 1. The van der Waals surface area contributed by atoms with Crippen LogP contribution in [0, 0.1) is 0 Å². The highest BCUT2D eigenvalue weighted by atomic mass is 32.2. The molecule has 0 atom stereocenters. The standard InChI is InChI=1S/C10H12N4O3S/c1-12-10(15)5-14-6-13-18(16,17)9-3-2-7(11)4-8(9)14/h2-4,6H,5,11H2,1H3,(H,12,15). The third-order valence-electron chi connectivity index (χ3n) is 2.49. The number of anilines is 2. The summed E-state index contributed by atoms with van der Waals surface area (Å²) in [6, 6.07) is 4.36. The highest BCUT2D eigenvalue weighted by Gasteiger charge is 2.26. The van der Waals surface area contributed by atoms with Crippen molar-refractivity contribution in [2.75, 3.05) is 24.2 Å². The van der Waals surface area contributed by atoms with Crippen LogP contribution in [0.4, 0.5) is 11.4 Å². The summed E-state index contributed by atoms with van der Waals surface area (Å²) in [6.07, 6.45) is 1.12. The second-order valence-electron chi connectivity index (χ2n) is 3.72. The van der Waals surface area contributed by atoms with Crippen LogP contribution in [0.2, 0.25) is 0 Å². The molecule has 7 nitrogen and oxygen atoms in total. The molecule has 1 aliphatic heterocycles. The minimum Gasteiger partial charge on any atom is -0.399 e. The number of hydrogen-bond donors (Lipinski definition) is 2. The molecule has 0 saturated carbocycles. The molecule has 8 heteroatoms. The van der Waals surface area contributed by atoms with E-state index in [0.29, 0.717) is 11.4 Å². The summed E-state index contributed by atoms with van der Waals surface area (Å²) in [6.45, 7) is -0.0219. The summed E-state index contributed by atoms with van der Waals surface area (Å²) < 4.78 is 26.9. The van der Waals surface area contributed by atoms with Crippen molar-refractivity contribution in [2.45, 2.75) is 4.90 Å². The number of nitrogens with one attached hydrogen (secondary N) is 1. The Balaban J connectivity index is 2.49. The third-order valence-corrected chi connectivity index (χ3v) is 3.76. The van der Waals surface area contributed by atoms with Gasteiger partial charge >= 0.3 is 0 Å². The minimum absolute atomic E-state index is 0.0219. The van der Waals surface area contributed by atoms with E-state index < -0.39 is 10.0 Å². The minimum atomic E-state index is -3.69. The summed E-state index contributed by atoms with van der Waals surface area (Å²) in [5, 5.41) is 2.46. The number of nitrogens with two attached hydrogens (primary N) is 1. The first-order valence-corrected chi connectivity index (χ1v) is 6.55. The van der Waals surface area contributed by atoms with Crippen molar-refractivity contribution >= 4 is 33.6 Å². The fourth-order valence-corrected chi connectivity index (χ4v) is 2.61. The van der Waals surface area contributed by atoms with Crippen LogP contribution in [0.15, 0.2) is 27.5 Å². The molecule has 0 unspecified atom stereocenters. The zero-order valence-electron chi connectivity index (χ0n) is 9.62. The summed E-state index contributed by atoms with van der Waals surface area (Å²) in [7, 11) is -2.19. The van der Waals surface area contributed by atoms with Crippen LogP contribution < -0.4 is 16.0 Å². The van der Waals surface area contributed by atoms with Crippen LogP contribution in [-0.2, 0) is 14.8 Å². The molecule has 1 heterocycles. The molecule has 1 aromatic rings. The van der Waals surface area contributed by atoms with Crippen LogP contribution >= 0.6 is 0 Å². The molecule has 0 saturated heterocycles. The summed E-state index contributed by atoms with van der Waals surface area (Å²) in [4.78, 5) is 12.8. The summed E-state index contributed by atoms with van der Waals surface area (Å²) >= 11 is 0. The van der Waals surface area contributed by atoms with Crippen LogP contribution in [0.3, 0.4) is 0 Å². The molecule has 0 aromatic heterocycles. The Labute approximate surface area is 104 Å². The molecule has 1 aliphatic rings. The maximum Gasteiger partial charge on any atom is 0.285 e. The largest absolute Gasteiger partial charge is 0.399 e. The number of nitrogen functional groups attached to an aromatic ring is 1. The molecule has 0 aliphatic carbocycles. The first-order valence-electron chi connectivity index (χ1n) is 5.11. The van der Waals surface area contributed by atoms with Crippen LogP contribution in [0.5, 0.6) is 0 Å². The van der Waals surface area contributed by atoms with E-state index in [-0.39, 0.29) is 17.3 Å². The van der Waals surface area contributed by atoms with Gasteiger partial charge in [-0.25, -0.2) is 0 Å². The lowest BCUT2D eigenvalue weighted by Gasteiger charge is -2.24. The van der Waals surface area contributed by atoms with E-state index in [0.717, 1.165) is 6.34 Å². The number of rotatable bonds is 2. The van der Waals surface area contributed by atoms with Gasteiger partial charge in [0.15, 0.2) is 0 Å². The number of nitrogens with zero attached hydrogens (tertiary/aromatic N) is 2. The van der Waals surface area contributed by atoms with Crippen LogP contribution in [0.1, 0.15) is 0 Å². The van der Waals surface area contributed by atoms with Crippen molar-refractivity contribution < 1.29 is 13.2 Å². The molecule has 96 valence electrons. The lowest BCUT2D eigenvalue weighted by atomic mass is 10.2. The van der Waals surface area contributed by atoms with Gasteiger partial charge in [0.25, 0.3) is 10.0 Å². The molecule has 2 rings (SSSR count). The number of carbonyl (C=O) groups excluding carboxylic acids is 1. The molecule has 18 heavy (non-hydrogen) atoms. The maximum absolute atomic E-state index is 11.7. The number of fused-ring (bicyclic) bond motifs is 1. The zero-order valence-corrected chi connectivity index (χ0v) is 10.4. The Morgan fingerprint density at radius 2 is 2.22 bits per heavy atom. The van der Waals surface area contributed by atoms with E-state index >= 15 is 0 Å². The van der Waals surface area contributed by atoms with Crippen LogP contribution in [0.25, 0.3) is 0 Å². The van der Waals surface area contributed by atoms with Crippen molar-refractivity contribution in [3.8, 4) is 0 Å². The van der Waals surface area contributed by atoms with Gasteiger partial charge in [-0.05, 0) is 18.2 Å². The Morgan fingerprint density at radius 3 is 2.89 bits per heavy atom. The molecule has 0 spiro atoms. The van der Waals surface area contributed by atoms with Crippen molar-refractivity contribution in [2.24, 2.45) is 4.40 Å². The van der Waals surface area contributed by atoms with Crippen molar-refractivity contribution in [1.82, 2.24) is 5.32 Å². The zero-order chi connectivity index (χ0) is 13.3. The van der Waals surface area contributed by atoms with E-state index in [1.165, 1.54) is 30.1 Å². The number of carbonyl (C=O) groups is 1. The number of likely N-dealkylation sites (N-methyl/N-ethyl adjacent to an activating group) is 1. The first-order chi connectivity index (χ1) is 8.44. The average molecular weight is 268 g/mol. The maximum atomic E-state index is 11.7. The van der Waals surface area contributed by atoms with Gasteiger partial charge in [-0.15, -0.1) is 4.40 Å². The lowest BCUT2D eigenvalue weighted by Crippen LogP contribution is -2.37. The summed E-state index contributed by atoms with van der Waals surface area (Å²) in [5.74, 6) is -0.255. The van der Waals surface area contributed by atoms with Gasteiger partial charge in [-0.1, -0.05) is 0 Å². The highest BCUT2D eigenvalue weighted by Crippen LogP contribution is 2.31. The highest BCUT2D eigenvalue weighted by molar-refractivity contribution is 7.90. The molecule has 3 N–H and O–H groups in total. The van der Waals surface area contributed by atoms with E-state index in [2.05, 4.69) is 9.71 Å². The predicted molar refractivity (Wildman–Crippen MR) is 67.9 cm³/mol. The molecule has 1 aromatic carbocycles. The van der Waals surface area contributed by atoms with Gasteiger partial charge < -0.3 is 16.0 Å². The molecule has 0 bridgehead atoms. The second-order valence-corrected chi connectivity index (χ2v) is 5.32. The van der Waals surface area contributed by atoms with E-state index in [9.17, 15) is 13.2 Å². The van der Waals surface area contributed by atoms with Gasteiger partial charge in [0.2, 0.25) is 5.91 Å². The monoisotopic (exact) mass is 268 g/mol. The quantitative estimate of drug-likeness (QED) is 0.707. The Kier molecular flexibility index (Phi) is 2.95. The third kappa shape index (κ3) is 2.14. The second kappa shape index (κ2) is 4.30. The molecule has 0 radical (unpaired) electrons. The topological polar surface area (TPSA) is 105 Å². The molecule has 1 amide bonds. The van der Waals surface area contributed by atoms with Gasteiger partial charge in [-0.3, -0.25) is 4.79 Å². The summed E-state index contributed by atoms with van der Waals surface area (Å²) in [5.41, 5.74) is 6.40. The van der Waals surface area contributed by atoms with Crippen molar-refractivity contribution in [3.63, 3.8) is 0 Å². The van der Waals surface area contributed by atoms with Gasteiger partial charge in [0, 0.05) is 12.7 Å². The van der Waals surface area contributed by atoms with Gasteiger partial charge in [0.1, 0.15) is 17.8 Å². The molecular weight excluding hydrogens is 256 g/mol. The Morgan fingerprint density at radius 1 is 1.50 bits per heavy atom. The van der Waals surface area contributed by atoms with Crippen molar-refractivity contribution in [3.05, 3.63) is 18.2 Å². The number of hydrogen-bond acceptors (Lipinski definition) is 5. The predicted octanol–water partition coefficient (Wildman–Crippen LogP) is -0.448. The van der Waals surface area contributed by atoms with Gasteiger partial charge in [0.05, 0.1) is 5.69 Å². The normalized spacial score (nSPS) is 16.2. The van der Waals surface area contributed by atoms with E-state index in [1.54, 1.807) is 0 Å². The van der Waals surface area contributed by atoms with Crippen molar-refractivity contribution in [1.29, 1.82) is 0 Å². The van der Waals surface area contributed by atoms with Gasteiger partial charge in [-0.2, -0.15) is 8.42 Å². The lowest BCUT2D eigenvalue weighted by molar-refractivity contribution is -0.119. The fraction of sp³-hybridized carbons (Fsp3) is 0.200. The SMILES string of the molecule is CNC(=O)CN1C=NS(=O)(=O)c2ccc(N)cc21. The van der Waals surface area contributed by atoms with Crippen LogP contribution in [-0.4, -0.2) is 34.3 Å². The fourth-order valence-electron chi connectivity index (χ4n) is 1.57. The Bertz CT molecular complexity index is 624. The Hall–Kier alpha value is -2.09. The first kappa shape index (κ1) is 12.4.